The average Bonchev–Trinajstić information content (AvgIpc) is 2.73. The Bertz CT molecular complexity index is 1240. The second-order valence-corrected chi connectivity index (χ2v) is 7.60. The van der Waals surface area contributed by atoms with Crippen LogP contribution in [0.1, 0.15) is 32.7 Å². The Morgan fingerprint density at radius 2 is 1.97 bits per heavy atom. The summed E-state index contributed by atoms with van der Waals surface area (Å²) in [7, 11) is 0. The number of pyridine rings is 1. The summed E-state index contributed by atoms with van der Waals surface area (Å²) in [6.07, 6.45) is 1.46. The van der Waals surface area contributed by atoms with Gasteiger partial charge in [0, 0.05) is 23.4 Å². The van der Waals surface area contributed by atoms with E-state index in [1.165, 1.54) is 22.8 Å². The predicted octanol–water partition coefficient (Wildman–Crippen LogP) is 5.17. The van der Waals surface area contributed by atoms with Crippen LogP contribution in [0.3, 0.4) is 0 Å². The van der Waals surface area contributed by atoms with E-state index in [-0.39, 0.29) is 40.1 Å². The zero-order valence-corrected chi connectivity index (χ0v) is 18.1. The summed E-state index contributed by atoms with van der Waals surface area (Å²) in [5.74, 6) is -2.29. The number of nitrogens with zero attached hydrogens (tertiary/aromatic N) is 1. The van der Waals surface area contributed by atoms with Crippen molar-refractivity contribution in [2.24, 2.45) is 0 Å². The van der Waals surface area contributed by atoms with Crippen molar-refractivity contribution in [1.29, 1.82) is 0 Å². The van der Waals surface area contributed by atoms with Crippen molar-refractivity contribution in [2.45, 2.75) is 20.1 Å². The van der Waals surface area contributed by atoms with Gasteiger partial charge in [0.25, 0.3) is 5.56 Å². The molecule has 2 aromatic carbocycles. The van der Waals surface area contributed by atoms with E-state index in [0.717, 1.165) is 12.1 Å². The maximum Gasteiger partial charge on any atom is 0.336 e. The van der Waals surface area contributed by atoms with E-state index < -0.39 is 17.6 Å². The minimum Gasteiger partial charge on any atom is -0.487 e. The Balaban J connectivity index is 1.88. The maximum atomic E-state index is 13.8. The van der Waals surface area contributed by atoms with Crippen LogP contribution in [0.25, 0.3) is 6.08 Å². The average molecular weight is 490 g/mol. The van der Waals surface area contributed by atoms with Crippen molar-refractivity contribution in [3.8, 4) is 5.75 Å². The Morgan fingerprint density at radius 1 is 1.23 bits per heavy atom. The summed E-state index contributed by atoms with van der Waals surface area (Å²) in [6.45, 7) is 5.27. The largest absolute Gasteiger partial charge is 0.487 e. The standard InChI is InChI=1S/C23H18BrF2NO4/c1-3-15-5-4-14(9-18(15)23(29)30)11-27-13(2)8-20(21(24)22(27)28)31-12-16-6-7-17(25)10-19(16)26/h3-10H,1,11-12H2,2H3,(H,29,30). The lowest BCUT2D eigenvalue weighted by Crippen LogP contribution is -2.24. The van der Waals surface area contributed by atoms with Gasteiger partial charge >= 0.3 is 5.97 Å². The van der Waals surface area contributed by atoms with E-state index in [1.807, 2.05) is 0 Å². The summed E-state index contributed by atoms with van der Waals surface area (Å²) >= 11 is 3.22. The monoisotopic (exact) mass is 489 g/mol. The third-order valence-corrected chi connectivity index (χ3v) is 5.45. The van der Waals surface area contributed by atoms with Crippen LogP contribution < -0.4 is 10.3 Å². The Kier molecular flexibility index (Phi) is 6.70. The fourth-order valence-corrected chi connectivity index (χ4v) is 3.50. The molecule has 8 heteroatoms. The van der Waals surface area contributed by atoms with Crippen molar-refractivity contribution >= 4 is 28.0 Å². The van der Waals surface area contributed by atoms with E-state index in [0.29, 0.717) is 16.8 Å². The number of carboxylic acids is 1. The Morgan fingerprint density at radius 3 is 2.61 bits per heavy atom. The normalized spacial score (nSPS) is 10.7. The summed E-state index contributed by atoms with van der Waals surface area (Å²) in [5, 5.41) is 9.38. The van der Waals surface area contributed by atoms with Gasteiger partial charge in [-0.1, -0.05) is 24.8 Å². The molecule has 0 fully saturated rings. The van der Waals surface area contributed by atoms with Gasteiger partial charge in [-0.2, -0.15) is 0 Å². The van der Waals surface area contributed by atoms with Crippen LogP contribution >= 0.6 is 15.9 Å². The molecule has 0 aliphatic carbocycles. The van der Waals surface area contributed by atoms with Gasteiger partial charge in [-0.05, 0) is 52.2 Å². The molecule has 0 aliphatic rings. The van der Waals surface area contributed by atoms with E-state index in [4.69, 9.17) is 4.74 Å². The van der Waals surface area contributed by atoms with Gasteiger partial charge in [0.15, 0.2) is 0 Å². The molecule has 5 nitrogen and oxygen atoms in total. The predicted molar refractivity (Wildman–Crippen MR) is 116 cm³/mol. The van der Waals surface area contributed by atoms with Crippen LogP contribution in [0.4, 0.5) is 8.78 Å². The molecule has 0 saturated carbocycles. The zero-order valence-electron chi connectivity index (χ0n) is 16.5. The molecular formula is C23H18BrF2NO4. The van der Waals surface area contributed by atoms with Crippen molar-refractivity contribution in [2.75, 3.05) is 0 Å². The van der Waals surface area contributed by atoms with Crippen LogP contribution in [0.5, 0.6) is 5.75 Å². The number of benzene rings is 2. The third-order valence-electron chi connectivity index (χ3n) is 4.72. The Hall–Kier alpha value is -3.26. The molecule has 1 N–H and O–H groups in total. The summed E-state index contributed by atoms with van der Waals surface area (Å²) < 4.78 is 34.0. The number of hydrogen-bond acceptors (Lipinski definition) is 3. The van der Waals surface area contributed by atoms with Crippen LogP contribution in [-0.4, -0.2) is 15.6 Å². The van der Waals surface area contributed by atoms with Gasteiger partial charge in [0.2, 0.25) is 0 Å². The molecule has 3 aromatic rings. The molecule has 160 valence electrons. The first-order chi connectivity index (χ1) is 14.7. The van der Waals surface area contributed by atoms with Crippen LogP contribution in [0.2, 0.25) is 0 Å². The molecule has 0 radical (unpaired) electrons. The summed E-state index contributed by atoms with van der Waals surface area (Å²) in [5.41, 5.74) is 1.53. The smallest absolute Gasteiger partial charge is 0.336 e. The molecule has 0 unspecified atom stereocenters. The SMILES string of the molecule is C=Cc1ccc(Cn2c(C)cc(OCc3ccc(F)cc3F)c(Br)c2=O)cc1C(=O)O. The molecule has 0 amide bonds. The van der Waals surface area contributed by atoms with Gasteiger partial charge in [-0.15, -0.1) is 0 Å². The Labute approximate surface area is 185 Å². The van der Waals surface area contributed by atoms with E-state index in [9.17, 15) is 23.5 Å². The first-order valence-corrected chi connectivity index (χ1v) is 9.96. The highest BCUT2D eigenvalue weighted by Crippen LogP contribution is 2.25. The first kappa shape index (κ1) is 22.4. The van der Waals surface area contributed by atoms with Gasteiger partial charge in [0.05, 0.1) is 12.1 Å². The van der Waals surface area contributed by atoms with Gasteiger partial charge < -0.3 is 14.4 Å². The van der Waals surface area contributed by atoms with E-state index >= 15 is 0 Å². The lowest BCUT2D eigenvalue weighted by molar-refractivity contribution is 0.0696. The number of hydrogen-bond donors (Lipinski definition) is 1. The topological polar surface area (TPSA) is 68.5 Å². The number of carboxylic acid groups (broad SMARTS) is 1. The summed E-state index contributed by atoms with van der Waals surface area (Å²) in [4.78, 5) is 24.3. The second kappa shape index (κ2) is 9.26. The molecule has 31 heavy (non-hydrogen) atoms. The van der Waals surface area contributed by atoms with Crippen molar-refractivity contribution < 1.29 is 23.4 Å². The lowest BCUT2D eigenvalue weighted by Gasteiger charge is -2.15. The zero-order chi connectivity index (χ0) is 22.7. The number of aryl methyl sites for hydroxylation is 1. The van der Waals surface area contributed by atoms with Crippen LogP contribution in [-0.2, 0) is 13.2 Å². The minimum absolute atomic E-state index is 0.0959. The number of rotatable bonds is 7. The van der Waals surface area contributed by atoms with Crippen molar-refractivity contribution in [1.82, 2.24) is 4.57 Å². The van der Waals surface area contributed by atoms with E-state index in [2.05, 4.69) is 22.5 Å². The lowest BCUT2D eigenvalue weighted by atomic mass is 10.0. The third kappa shape index (κ3) is 4.91. The van der Waals surface area contributed by atoms with Gasteiger partial charge in [-0.25, -0.2) is 13.6 Å². The van der Waals surface area contributed by atoms with Gasteiger partial charge in [-0.3, -0.25) is 4.79 Å². The summed E-state index contributed by atoms with van der Waals surface area (Å²) in [6, 6.07) is 9.65. The molecule has 0 atom stereocenters. The van der Waals surface area contributed by atoms with Crippen molar-refractivity contribution in [3.05, 3.63) is 103 Å². The second-order valence-electron chi connectivity index (χ2n) is 6.81. The number of ether oxygens (including phenoxy) is 1. The maximum absolute atomic E-state index is 13.8. The molecule has 0 bridgehead atoms. The minimum atomic E-state index is -1.08. The molecule has 0 spiro atoms. The molecular weight excluding hydrogens is 472 g/mol. The first-order valence-electron chi connectivity index (χ1n) is 9.16. The molecule has 1 aromatic heterocycles. The fraction of sp³-hybridized carbons (Fsp3) is 0.130. The number of aromatic nitrogens is 1. The fourth-order valence-electron chi connectivity index (χ4n) is 3.06. The van der Waals surface area contributed by atoms with E-state index in [1.54, 1.807) is 25.1 Å². The number of halogens is 3. The quantitative estimate of drug-likeness (QED) is 0.497. The molecule has 1 heterocycles. The highest BCUT2D eigenvalue weighted by Gasteiger charge is 2.15. The highest BCUT2D eigenvalue weighted by atomic mass is 79.9. The van der Waals surface area contributed by atoms with Crippen LogP contribution in [0, 0.1) is 18.6 Å². The van der Waals surface area contributed by atoms with Crippen LogP contribution in [0.15, 0.2) is 58.3 Å². The molecule has 3 rings (SSSR count). The molecule has 0 saturated heterocycles. The highest BCUT2D eigenvalue weighted by molar-refractivity contribution is 9.10. The molecule has 0 aliphatic heterocycles. The number of aromatic carboxylic acids is 1. The van der Waals surface area contributed by atoms with Crippen molar-refractivity contribution in [3.63, 3.8) is 0 Å². The van der Waals surface area contributed by atoms with Gasteiger partial charge in [0.1, 0.15) is 28.5 Å². The number of carbonyl (C=O) groups is 1.